The van der Waals surface area contributed by atoms with Gasteiger partial charge in [-0.3, -0.25) is 14.6 Å². The van der Waals surface area contributed by atoms with E-state index in [1.165, 1.54) is 11.8 Å². The molecule has 0 saturated heterocycles. The Balaban J connectivity index is 4.71. The maximum Gasteiger partial charge on any atom is 0.327 e. The summed E-state index contributed by atoms with van der Waals surface area (Å²) in [5.41, 5.74) is 16.2. The van der Waals surface area contributed by atoms with Gasteiger partial charge >= 0.3 is 5.97 Å². The molecule has 3 unspecified atom stereocenters. The Morgan fingerprint density at radius 3 is 2.27 bits per heavy atom. The van der Waals surface area contributed by atoms with Gasteiger partial charge in [-0.2, -0.15) is 24.4 Å². The van der Waals surface area contributed by atoms with Crippen LogP contribution in [0.25, 0.3) is 0 Å². The third-order valence-corrected chi connectivity index (χ3v) is 4.35. The standard InChI is InChI=1S/C14H28N6O4S2/c1-26-6-4-9(12(22)20-10(7-25)13(23)24)19-11(21)8(15)3-2-5-18-14(16)17/h8-10,25H,2-7,15H2,1H3,(H,19,21)(H,20,22)(H,23,24)(H4,16,17,18). The molecule has 0 fully saturated rings. The van der Waals surface area contributed by atoms with E-state index in [4.69, 9.17) is 22.3 Å². The van der Waals surface area contributed by atoms with Crippen LogP contribution in [0.5, 0.6) is 0 Å². The Kier molecular flexibility index (Phi) is 12.7. The first-order chi connectivity index (χ1) is 12.2. The molecule has 0 aromatic rings. The maximum absolute atomic E-state index is 12.3. The van der Waals surface area contributed by atoms with Crippen molar-refractivity contribution in [1.82, 2.24) is 10.6 Å². The van der Waals surface area contributed by atoms with E-state index in [2.05, 4.69) is 28.3 Å². The van der Waals surface area contributed by atoms with Crippen LogP contribution < -0.4 is 27.8 Å². The lowest BCUT2D eigenvalue weighted by molar-refractivity contribution is -0.141. The van der Waals surface area contributed by atoms with Crippen LogP contribution >= 0.6 is 24.4 Å². The van der Waals surface area contributed by atoms with Gasteiger partial charge in [0.2, 0.25) is 11.8 Å². The summed E-state index contributed by atoms with van der Waals surface area (Å²) in [6.07, 6.45) is 3.06. The largest absolute Gasteiger partial charge is 0.480 e. The van der Waals surface area contributed by atoms with Crippen molar-refractivity contribution in [3.05, 3.63) is 0 Å². The van der Waals surface area contributed by atoms with E-state index in [9.17, 15) is 14.4 Å². The number of nitrogens with zero attached hydrogens (tertiary/aromatic N) is 1. The average Bonchev–Trinajstić information content (AvgIpc) is 2.58. The van der Waals surface area contributed by atoms with Crippen LogP contribution in [0.15, 0.2) is 4.99 Å². The number of carboxylic acids is 1. The molecule has 0 aromatic carbocycles. The van der Waals surface area contributed by atoms with Gasteiger partial charge < -0.3 is 32.9 Å². The van der Waals surface area contributed by atoms with E-state index >= 15 is 0 Å². The van der Waals surface area contributed by atoms with Crippen molar-refractivity contribution >= 4 is 48.1 Å². The summed E-state index contributed by atoms with van der Waals surface area (Å²) in [6.45, 7) is 0.349. The number of hydrogen-bond acceptors (Lipinski definition) is 7. The first-order valence-corrected chi connectivity index (χ1v) is 9.99. The van der Waals surface area contributed by atoms with Crippen LogP contribution in [0, 0.1) is 0 Å². The van der Waals surface area contributed by atoms with Gasteiger partial charge in [-0.1, -0.05) is 0 Å². The van der Waals surface area contributed by atoms with Crippen LogP contribution in [0.2, 0.25) is 0 Å². The summed E-state index contributed by atoms with van der Waals surface area (Å²) < 4.78 is 0. The number of carbonyl (C=O) groups is 3. The number of hydrogen-bond donors (Lipinski definition) is 7. The van der Waals surface area contributed by atoms with Crippen LogP contribution in [0.3, 0.4) is 0 Å². The van der Waals surface area contributed by atoms with Crippen molar-refractivity contribution in [3.63, 3.8) is 0 Å². The van der Waals surface area contributed by atoms with Crippen molar-refractivity contribution < 1.29 is 19.5 Å². The second-order valence-corrected chi connectivity index (χ2v) is 6.83. The van der Waals surface area contributed by atoms with Crippen LogP contribution in [0.1, 0.15) is 19.3 Å². The number of nitrogens with two attached hydrogens (primary N) is 3. The molecule has 0 aliphatic heterocycles. The highest BCUT2D eigenvalue weighted by Gasteiger charge is 2.26. The zero-order valence-electron chi connectivity index (χ0n) is 14.7. The van der Waals surface area contributed by atoms with Crippen LogP contribution in [-0.2, 0) is 14.4 Å². The molecule has 2 amide bonds. The fraction of sp³-hybridized carbons (Fsp3) is 0.714. The molecule has 0 aromatic heterocycles. The minimum Gasteiger partial charge on any atom is -0.480 e. The number of rotatable bonds is 13. The van der Waals surface area contributed by atoms with Crippen LogP contribution in [-0.4, -0.2) is 71.3 Å². The molecular formula is C14H28N6O4S2. The Morgan fingerprint density at radius 1 is 1.15 bits per heavy atom. The zero-order valence-corrected chi connectivity index (χ0v) is 16.4. The first kappa shape index (κ1) is 24.3. The average molecular weight is 409 g/mol. The highest BCUT2D eigenvalue weighted by molar-refractivity contribution is 7.98. The minimum atomic E-state index is -1.19. The summed E-state index contributed by atoms with van der Waals surface area (Å²) in [5, 5.41) is 13.9. The van der Waals surface area contributed by atoms with Gasteiger partial charge in [-0.15, -0.1) is 0 Å². The smallest absolute Gasteiger partial charge is 0.327 e. The molecule has 0 radical (unpaired) electrons. The summed E-state index contributed by atoms with van der Waals surface area (Å²) in [4.78, 5) is 39.3. The van der Waals surface area contributed by atoms with Crippen molar-refractivity contribution in [2.75, 3.05) is 24.3 Å². The van der Waals surface area contributed by atoms with E-state index in [0.29, 0.717) is 31.6 Å². The molecule has 0 bridgehead atoms. The highest BCUT2D eigenvalue weighted by Crippen LogP contribution is 2.04. The second-order valence-electron chi connectivity index (χ2n) is 5.48. The van der Waals surface area contributed by atoms with Gasteiger partial charge in [0.15, 0.2) is 5.96 Å². The number of carbonyl (C=O) groups excluding carboxylic acids is 2. The summed E-state index contributed by atoms with van der Waals surface area (Å²) in [7, 11) is 0. The lowest BCUT2D eigenvalue weighted by Gasteiger charge is -2.22. The monoisotopic (exact) mass is 408 g/mol. The molecule has 12 heteroatoms. The Morgan fingerprint density at radius 2 is 1.77 bits per heavy atom. The summed E-state index contributed by atoms with van der Waals surface area (Å²) >= 11 is 5.40. The minimum absolute atomic E-state index is 0.0333. The predicted octanol–water partition coefficient (Wildman–Crippen LogP) is -1.90. The quantitative estimate of drug-likeness (QED) is 0.0797. The maximum atomic E-state index is 12.3. The topological polar surface area (TPSA) is 186 Å². The summed E-state index contributed by atoms with van der Waals surface area (Å²) in [5.74, 6) is -1.75. The Labute approximate surface area is 162 Å². The number of amides is 2. The lowest BCUT2D eigenvalue weighted by Crippen LogP contribution is -2.55. The fourth-order valence-electron chi connectivity index (χ4n) is 1.89. The number of thioether (sulfide) groups is 1. The van der Waals surface area contributed by atoms with Gasteiger partial charge in [-0.25, -0.2) is 4.79 Å². The molecule has 26 heavy (non-hydrogen) atoms. The normalized spacial score (nSPS) is 14.0. The lowest BCUT2D eigenvalue weighted by atomic mass is 10.1. The number of aliphatic carboxylic acids is 1. The molecule has 10 nitrogen and oxygen atoms in total. The molecule has 0 aliphatic carbocycles. The molecular weight excluding hydrogens is 380 g/mol. The molecule has 9 N–H and O–H groups in total. The van der Waals surface area contributed by atoms with E-state index in [1.807, 2.05) is 6.26 Å². The SMILES string of the molecule is CSCCC(NC(=O)C(N)CCCN=C(N)N)C(=O)NC(CS)C(=O)O. The van der Waals surface area contributed by atoms with Crippen LogP contribution in [0.4, 0.5) is 0 Å². The fourth-order valence-corrected chi connectivity index (χ4v) is 2.61. The van der Waals surface area contributed by atoms with E-state index in [0.717, 1.165) is 0 Å². The number of nitrogens with one attached hydrogen (secondary N) is 2. The van der Waals surface area contributed by atoms with Gasteiger partial charge in [0.1, 0.15) is 12.1 Å². The molecule has 0 aliphatic rings. The van der Waals surface area contributed by atoms with Gasteiger partial charge in [0, 0.05) is 12.3 Å². The third-order valence-electron chi connectivity index (χ3n) is 3.35. The molecule has 0 heterocycles. The first-order valence-electron chi connectivity index (χ1n) is 7.97. The van der Waals surface area contributed by atoms with Gasteiger partial charge in [0.25, 0.3) is 0 Å². The van der Waals surface area contributed by atoms with Gasteiger partial charge in [0.05, 0.1) is 6.04 Å². The Bertz CT molecular complexity index is 502. The third kappa shape index (κ3) is 10.4. The molecule has 150 valence electrons. The Hall–Kier alpha value is -1.66. The number of guanidine groups is 1. The number of aliphatic imine (C=N–C) groups is 1. The second kappa shape index (κ2) is 13.5. The zero-order chi connectivity index (χ0) is 20.1. The summed E-state index contributed by atoms with van der Waals surface area (Å²) in [6, 6.07) is -2.83. The van der Waals surface area contributed by atoms with E-state index in [1.54, 1.807) is 0 Å². The van der Waals surface area contributed by atoms with Gasteiger partial charge in [-0.05, 0) is 31.3 Å². The predicted molar refractivity (Wildman–Crippen MR) is 106 cm³/mol. The molecule has 0 rings (SSSR count). The van der Waals surface area contributed by atoms with E-state index in [-0.39, 0.29) is 11.7 Å². The van der Waals surface area contributed by atoms with E-state index < -0.39 is 35.9 Å². The van der Waals surface area contributed by atoms with Crippen molar-refractivity contribution in [3.8, 4) is 0 Å². The number of thiol groups is 1. The molecule has 3 atom stereocenters. The van der Waals surface area contributed by atoms with Crippen molar-refractivity contribution in [2.45, 2.75) is 37.4 Å². The van der Waals surface area contributed by atoms with Crippen molar-refractivity contribution in [2.24, 2.45) is 22.2 Å². The molecule has 0 saturated carbocycles. The number of carboxylic acid groups (broad SMARTS) is 1. The highest BCUT2D eigenvalue weighted by atomic mass is 32.2. The molecule has 0 spiro atoms. The van der Waals surface area contributed by atoms with Crippen molar-refractivity contribution in [1.29, 1.82) is 0 Å².